The molecule has 0 fully saturated rings. The van der Waals surface area contributed by atoms with Gasteiger partial charge in [-0.05, 0) is 112 Å². The van der Waals surface area contributed by atoms with Crippen LogP contribution >= 0.6 is 0 Å². The van der Waals surface area contributed by atoms with E-state index in [0.29, 0.717) is 0 Å². The van der Waals surface area contributed by atoms with Crippen LogP contribution in [0.5, 0.6) is 17.2 Å². The smallest absolute Gasteiger partial charge is 0.146 e. The number of methoxy groups -OCH3 is 3. The molecule has 0 aliphatic carbocycles. The molecule has 0 unspecified atom stereocenters. The van der Waals surface area contributed by atoms with E-state index in [1.807, 2.05) is 12.1 Å². The molecular weight excluding hydrogens is 532 g/mol. The maximum absolute atomic E-state index is 5.93. The van der Waals surface area contributed by atoms with Crippen molar-refractivity contribution < 1.29 is 14.2 Å². The highest BCUT2D eigenvalue weighted by molar-refractivity contribution is 5.86. The summed E-state index contributed by atoms with van der Waals surface area (Å²) in [4.78, 5) is 4.51. The quantitative estimate of drug-likeness (QED) is 0.176. The number of hydrogen-bond acceptors (Lipinski definition) is 5. The Hall–Kier alpha value is -4.90. The van der Waals surface area contributed by atoms with E-state index in [4.69, 9.17) is 14.2 Å². The van der Waals surface area contributed by atoms with Gasteiger partial charge in [0.05, 0.1) is 32.7 Å². The molecule has 0 bridgehead atoms. The van der Waals surface area contributed by atoms with Gasteiger partial charge in [0.15, 0.2) is 0 Å². The Morgan fingerprint density at radius 1 is 0.395 bits per heavy atom. The van der Waals surface area contributed by atoms with Gasteiger partial charge in [-0.3, -0.25) is 0 Å². The van der Waals surface area contributed by atoms with E-state index < -0.39 is 0 Å². The van der Waals surface area contributed by atoms with E-state index in [9.17, 15) is 0 Å². The van der Waals surface area contributed by atoms with Gasteiger partial charge in [-0.1, -0.05) is 41.5 Å². The van der Waals surface area contributed by atoms with Crippen LogP contribution in [-0.2, 0) is 0 Å². The number of ether oxygens (including phenoxy) is 3. The summed E-state index contributed by atoms with van der Waals surface area (Å²) in [7, 11) is 5.11. The lowest BCUT2D eigenvalue weighted by molar-refractivity contribution is 0.394. The van der Waals surface area contributed by atoms with Gasteiger partial charge in [0, 0.05) is 28.8 Å². The molecule has 0 aliphatic heterocycles. The van der Waals surface area contributed by atoms with Crippen molar-refractivity contribution in [3.8, 4) is 17.2 Å². The van der Waals surface area contributed by atoms with Crippen LogP contribution in [0.2, 0.25) is 0 Å². The van der Waals surface area contributed by atoms with Crippen molar-refractivity contribution in [3.05, 3.63) is 125 Å². The van der Waals surface area contributed by atoms with Gasteiger partial charge in [0.25, 0.3) is 0 Å². The van der Waals surface area contributed by atoms with Crippen LogP contribution in [0.15, 0.2) is 97.1 Å². The molecule has 0 aromatic heterocycles. The average molecular weight is 573 g/mol. The van der Waals surface area contributed by atoms with E-state index in [-0.39, 0.29) is 0 Å². The Balaban J connectivity index is 1.69. The molecule has 0 N–H and O–H groups in total. The van der Waals surface area contributed by atoms with Crippen molar-refractivity contribution >= 4 is 34.1 Å². The maximum atomic E-state index is 5.93. The van der Waals surface area contributed by atoms with Crippen molar-refractivity contribution in [1.82, 2.24) is 0 Å². The maximum Gasteiger partial charge on any atom is 0.146 e. The van der Waals surface area contributed by atoms with Crippen LogP contribution < -0.4 is 24.0 Å². The van der Waals surface area contributed by atoms with Crippen LogP contribution in [0.3, 0.4) is 0 Å². The number of nitrogens with zero attached hydrogens (tertiary/aromatic N) is 2. The van der Waals surface area contributed by atoms with Gasteiger partial charge < -0.3 is 24.0 Å². The molecule has 0 radical (unpaired) electrons. The van der Waals surface area contributed by atoms with Gasteiger partial charge in [-0.25, -0.2) is 0 Å². The summed E-state index contributed by atoms with van der Waals surface area (Å²) in [6.07, 6.45) is 0. The molecule has 0 atom stereocenters. The van der Waals surface area contributed by atoms with Crippen LogP contribution in [-0.4, -0.2) is 21.3 Å². The lowest BCUT2D eigenvalue weighted by Crippen LogP contribution is -2.15. The van der Waals surface area contributed by atoms with Crippen LogP contribution in [0, 0.1) is 34.6 Å². The Kier molecular flexibility index (Phi) is 8.63. The monoisotopic (exact) mass is 572 g/mol. The highest BCUT2D eigenvalue weighted by atomic mass is 16.5. The predicted octanol–water partition coefficient (Wildman–Crippen LogP) is 10.2. The average Bonchev–Trinajstić information content (AvgIpc) is 3.01. The first-order chi connectivity index (χ1) is 20.7. The first-order valence-corrected chi connectivity index (χ1v) is 14.5. The molecule has 0 spiro atoms. The zero-order chi connectivity index (χ0) is 30.7. The zero-order valence-electron chi connectivity index (χ0n) is 26.4. The van der Waals surface area contributed by atoms with Crippen molar-refractivity contribution in [2.75, 3.05) is 31.1 Å². The molecule has 5 aromatic carbocycles. The summed E-state index contributed by atoms with van der Waals surface area (Å²) < 4.78 is 17.4. The van der Waals surface area contributed by atoms with Gasteiger partial charge >= 0.3 is 0 Å². The van der Waals surface area contributed by atoms with Crippen molar-refractivity contribution in [3.63, 3.8) is 0 Å². The lowest BCUT2D eigenvalue weighted by Gasteiger charge is -2.31. The summed E-state index contributed by atoms with van der Waals surface area (Å²) in [5.41, 5.74) is 11.9. The fraction of sp³-hybridized carbons (Fsp3) is 0.211. The molecule has 0 amide bonds. The SMILES string of the molecule is COc1cc(C)c(N(c2ccc(C)cc2)c2ccc(N(c3ccc(C)cc3)c3c(C)cc(C)cc3OC)cc2)c(OC)c1. The summed E-state index contributed by atoms with van der Waals surface area (Å²) in [6, 6.07) is 34.1. The molecule has 0 aliphatic rings. The summed E-state index contributed by atoms with van der Waals surface area (Å²) in [5, 5.41) is 0. The number of hydrogen-bond donors (Lipinski definition) is 0. The zero-order valence-corrected chi connectivity index (χ0v) is 26.4. The predicted molar refractivity (Wildman–Crippen MR) is 179 cm³/mol. The Bertz CT molecular complexity index is 1710. The normalized spacial score (nSPS) is 10.8. The van der Waals surface area contributed by atoms with Crippen molar-refractivity contribution in [2.45, 2.75) is 34.6 Å². The van der Waals surface area contributed by atoms with Gasteiger partial charge in [-0.15, -0.1) is 0 Å². The lowest BCUT2D eigenvalue weighted by atomic mass is 10.1. The second kappa shape index (κ2) is 12.5. The fourth-order valence-electron chi connectivity index (χ4n) is 5.59. The van der Waals surface area contributed by atoms with Gasteiger partial charge in [0.1, 0.15) is 17.2 Å². The Labute approximate surface area is 255 Å². The molecule has 5 nitrogen and oxygen atoms in total. The van der Waals surface area contributed by atoms with E-state index in [1.165, 1.54) is 11.1 Å². The summed E-state index contributed by atoms with van der Waals surface area (Å²) >= 11 is 0. The minimum atomic E-state index is 0.739. The fourth-order valence-corrected chi connectivity index (χ4v) is 5.59. The summed E-state index contributed by atoms with van der Waals surface area (Å²) in [5.74, 6) is 2.33. The van der Waals surface area contributed by atoms with E-state index >= 15 is 0 Å². The molecule has 43 heavy (non-hydrogen) atoms. The molecule has 0 heterocycles. The number of benzene rings is 5. The number of aryl methyl sites for hydroxylation is 5. The van der Waals surface area contributed by atoms with E-state index in [2.05, 4.69) is 129 Å². The van der Waals surface area contributed by atoms with Gasteiger partial charge in [0.2, 0.25) is 0 Å². The van der Waals surface area contributed by atoms with Crippen LogP contribution in [0.4, 0.5) is 34.1 Å². The Morgan fingerprint density at radius 2 is 0.767 bits per heavy atom. The molecule has 5 aromatic rings. The topological polar surface area (TPSA) is 34.2 Å². The molecule has 5 heteroatoms. The Morgan fingerprint density at radius 3 is 1.16 bits per heavy atom. The minimum Gasteiger partial charge on any atom is -0.497 e. The highest BCUT2D eigenvalue weighted by Gasteiger charge is 2.23. The first-order valence-electron chi connectivity index (χ1n) is 14.5. The third kappa shape index (κ3) is 6.02. The third-order valence-corrected chi connectivity index (χ3v) is 7.72. The van der Waals surface area contributed by atoms with E-state index in [1.54, 1.807) is 21.3 Å². The number of anilines is 6. The van der Waals surface area contributed by atoms with Crippen molar-refractivity contribution in [1.29, 1.82) is 0 Å². The number of rotatable bonds is 9. The van der Waals surface area contributed by atoms with Gasteiger partial charge in [-0.2, -0.15) is 0 Å². The third-order valence-electron chi connectivity index (χ3n) is 7.72. The minimum absolute atomic E-state index is 0.739. The second-order valence-corrected chi connectivity index (χ2v) is 11.0. The van der Waals surface area contributed by atoms with Crippen molar-refractivity contribution in [2.24, 2.45) is 0 Å². The second-order valence-electron chi connectivity index (χ2n) is 11.0. The summed E-state index contributed by atoms with van der Waals surface area (Å²) in [6.45, 7) is 10.5. The molecular formula is C38H40N2O3. The largest absolute Gasteiger partial charge is 0.497 e. The molecule has 220 valence electrons. The standard InChI is InChI=1S/C38H40N2O3/c1-25-9-13-30(14-10-25)39(37-28(4)21-27(3)22-35(37)42-7)32-17-19-33(20-18-32)40(31-15-11-26(2)12-16-31)38-29(5)23-34(41-6)24-36(38)43-8/h9-24H,1-8H3. The molecule has 5 rings (SSSR count). The first kappa shape index (κ1) is 29.6. The van der Waals surface area contributed by atoms with Crippen LogP contribution in [0.1, 0.15) is 27.8 Å². The van der Waals surface area contributed by atoms with E-state index in [0.717, 1.165) is 68.1 Å². The highest BCUT2D eigenvalue weighted by Crippen LogP contribution is 2.47. The van der Waals surface area contributed by atoms with Crippen LogP contribution in [0.25, 0.3) is 0 Å². The molecule has 0 saturated heterocycles. The molecule has 0 saturated carbocycles.